The lowest BCUT2D eigenvalue weighted by Crippen LogP contribution is -2.37. The fraction of sp³-hybridized carbons (Fsp3) is 0.619. The number of likely N-dealkylation sites (tertiary alicyclic amines) is 1. The molecule has 0 radical (unpaired) electrons. The number of rotatable bonds is 4. The van der Waals surface area contributed by atoms with E-state index in [2.05, 4.69) is 35.9 Å². The van der Waals surface area contributed by atoms with Crippen molar-refractivity contribution in [3.05, 3.63) is 40.2 Å². The number of amides is 1. The zero-order valence-corrected chi connectivity index (χ0v) is 17.4. The van der Waals surface area contributed by atoms with Gasteiger partial charge in [0.15, 0.2) is 0 Å². The van der Waals surface area contributed by atoms with Crippen LogP contribution >= 0.6 is 0 Å². The molecule has 7 heteroatoms. The molecule has 1 unspecified atom stereocenters. The molecule has 2 aliphatic heterocycles. The Bertz CT molecular complexity index is 889. The summed E-state index contributed by atoms with van der Waals surface area (Å²) < 4.78 is 1.95. The second kappa shape index (κ2) is 7.62. The summed E-state index contributed by atoms with van der Waals surface area (Å²) in [6.45, 7) is 10.3. The van der Waals surface area contributed by atoms with Gasteiger partial charge in [-0.25, -0.2) is 9.97 Å². The van der Waals surface area contributed by atoms with Crippen LogP contribution in [0, 0.1) is 20.8 Å². The number of carbonyl (C=O) groups excluding carboxylic acids is 1. The Morgan fingerprint density at radius 2 is 2.07 bits per heavy atom. The maximum absolute atomic E-state index is 12.7. The molecular formula is C21H30N6O. The van der Waals surface area contributed by atoms with Crippen LogP contribution in [0.4, 0.5) is 0 Å². The van der Waals surface area contributed by atoms with E-state index >= 15 is 0 Å². The third-order valence-corrected chi connectivity index (χ3v) is 6.34. The first-order chi connectivity index (χ1) is 13.4. The van der Waals surface area contributed by atoms with Gasteiger partial charge in [0.2, 0.25) is 5.91 Å². The number of nitrogens with zero attached hydrogens (tertiary/aromatic N) is 6. The van der Waals surface area contributed by atoms with Crippen LogP contribution in [0.2, 0.25) is 0 Å². The molecule has 1 saturated heterocycles. The number of aromatic nitrogens is 4. The smallest absolute Gasteiger partial charge is 0.224 e. The molecule has 28 heavy (non-hydrogen) atoms. The van der Waals surface area contributed by atoms with E-state index < -0.39 is 0 Å². The van der Waals surface area contributed by atoms with Crippen LogP contribution < -0.4 is 0 Å². The summed E-state index contributed by atoms with van der Waals surface area (Å²) in [5.41, 5.74) is 5.61. The van der Waals surface area contributed by atoms with Crippen LogP contribution in [0.5, 0.6) is 0 Å². The van der Waals surface area contributed by atoms with Crippen molar-refractivity contribution in [3.63, 3.8) is 0 Å². The Morgan fingerprint density at radius 1 is 1.25 bits per heavy atom. The molecule has 7 nitrogen and oxygen atoms in total. The third kappa shape index (κ3) is 3.68. The fourth-order valence-electron chi connectivity index (χ4n) is 4.25. The number of carbonyl (C=O) groups is 1. The van der Waals surface area contributed by atoms with Crippen molar-refractivity contribution in [1.29, 1.82) is 0 Å². The van der Waals surface area contributed by atoms with E-state index in [0.29, 0.717) is 25.4 Å². The van der Waals surface area contributed by atoms with Gasteiger partial charge < -0.3 is 9.80 Å². The maximum atomic E-state index is 12.7. The van der Waals surface area contributed by atoms with Crippen molar-refractivity contribution in [2.24, 2.45) is 0 Å². The van der Waals surface area contributed by atoms with Gasteiger partial charge >= 0.3 is 0 Å². The quantitative estimate of drug-likeness (QED) is 0.809. The second-order valence-corrected chi connectivity index (χ2v) is 8.28. The molecule has 0 N–H and O–H groups in total. The van der Waals surface area contributed by atoms with Crippen molar-refractivity contribution in [2.45, 2.75) is 59.0 Å². The number of aryl methyl sites for hydroxylation is 2. The minimum Gasteiger partial charge on any atom is -0.338 e. The van der Waals surface area contributed by atoms with Gasteiger partial charge in [0, 0.05) is 62.4 Å². The summed E-state index contributed by atoms with van der Waals surface area (Å²) >= 11 is 0. The van der Waals surface area contributed by atoms with E-state index in [1.54, 1.807) is 0 Å². The average Bonchev–Trinajstić information content (AvgIpc) is 3.24. The number of likely N-dealkylation sites (N-methyl/N-ethyl adjacent to an activating group) is 1. The van der Waals surface area contributed by atoms with Crippen LogP contribution in [0.25, 0.3) is 0 Å². The maximum Gasteiger partial charge on any atom is 0.224 e. The molecular weight excluding hydrogens is 352 g/mol. The Morgan fingerprint density at radius 3 is 2.75 bits per heavy atom. The number of hydrogen-bond donors (Lipinski definition) is 0. The van der Waals surface area contributed by atoms with E-state index in [4.69, 9.17) is 4.98 Å². The predicted molar refractivity (Wildman–Crippen MR) is 107 cm³/mol. The first-order valence-corrected chi connectivity index (χ1v) is 10.2. The summed E-state index contributed by atoms with van der Waals surface area (Å²) in [7, 11) is 2.15. The molecule has 0 aromatic carbocycles. The van der Waals surface area contributed by atoms with Gasteiger partial charge in [-0.2, -0.15) is 5.10 Å². The largest absolute Gasteiger partial charge is 0.338 e. The summed E-state index contributed by atoms with van der Waals surface area (Å²) in [5, 5.41) is 4.54. The highest BCUT2D eigenvalue weighted by molar-refractivity contribution is 5.76. The molecule has 4 heterocycles. The third-order valence-electron chi connectivity index (χ3n) is 6.34. The molecule has 0 aliphatic carbocycles. The molecule has 0 spiro atoms. The zero-order valence-electron chi connectivity index (χ0n) is 17.4. The number of fused-ring (bicyclic) bond motifs is 1. The minimum absolute atomic E-state index is 0.178. The first kappa shape index (κ1) is 19.1. The summed E-state index contributed by atoms with van der Waals surface area (Å²) in [4.78, 5) is 26.5. The molecule has 150 valence electrons. The summed E-state index contributed by atoms with van der Waals surface area (Å²) in [5.74, 6) is 1.60. The standard InChI is InChI=1S/C21H30N6O/c1-14-15(2)24-27(16(14)3)10-7-20(28)26-9-6-19-18(13-26)11-22-21(23-19)17-5-8-25(4)12-17/h11,17H,5-10,12-13H2,1-4H3. The Kier molecular flexibility index (Phi) is 5.19. The highest BCUT2D eigenvalue weighted by Crippen LogP contribution is 2.25. The van der Waals surface area contributed by atoms with E-state index in [1.807, 2.05) is 22.7 Å². The first-order valence-electron chi connectivity index (χ1n) is 10.2. The molecule has 0 bridgehead atoms. The molecule has 1 fully saturated rings. The topological polar surface area (TPSA) is 67.2 Å². The minimum atomic E-state index is 0.178. The molecule has 1 amide bonds. The van der Waals surface area contributed by atoms with Gasteiger partial charge in [-0.05, 0) is 46.3 Å². The average molecular weight is 383 g/mol. The second-order valence-electron chi connectivity index (χ2n) is 8.28. The molecule has 4 rings (SSSR count). The van der Waals surface area contributed by atoms with Crippen molar-refractivity contribution in [2.75, 3.05) is 26.7 Å². The SMILES string of the molecule is Cc1nn(CCC(=O)N2CCc3nc(C4CCN(C)C4)ncc3C2)c(C)c1C. The molecule has 0 saturated carbocycles. The highest BCUT2D eigenvalue weighted by Gasteiger charge is 2.27. The zero-order chi connectivity index (χ0) is 19.8. The highest BCUT2D eigenvalue weighted by atomic mass is 16.2. The molecule has 2 aliphatic rings. The van der Waals surface area contributed by atoms with Gasteiger partial charge in [0.25, 0.3) is 0 Å². The Balaban J connectivity index is 1.38. The van der Waals surface area contributed by atoms with Gasteiger partial charge in [-0.1, -0.05) is 0 Å². The molecule has 2 aromatic rings. The van der Waals surface area contributed by atoms with Crippen molar-refractivity contribution in [1.82, 2.24) is 29.5 Å². The van der Waals surface area contributed by atoms with Crippen LogP contribution in [0.1, 0.15) is 52.8 Å². The van der Waals surface area contributed by atoms with Gasteiger partial charge in [0.05, 0.1) is 11.4 Å². The lowest BCUT2D eigenvalue weighted by Gasteiger charge is -2.28. The normalized spacial score (nSPS) is 19.9. The van der Waals surface area contributed by atoms with Gasteiger partial charge in [0.1, 0.15) is 5.82 Å². The Hall–Kier alpha value is -2.28. The van der Waals surface area contributed by atoms with Crippen molar-refractivity contribution >= 4 is 5.91 Å². The van der Waals surface area contributed by atoms with Gasteiger partial charge in [-0.3, -0.25) is 9.48 Å². The van der Waals surface area contributed by atoms with Crippen LogP contribution in [-0.2, 0) is 24.3 Å². The van der Waals surface area contributed by atoms with Crippen molar-refractivity contribution in [3.8, 4) is 0 Å². The van der Waals surface area contributed by atoms with Crippen LogP contribution in [0.3, 0.4) is 0 Å². The van der Waals surface area contributed by atoms with E-state index in [-0.39, 0.29) is 5.91 Å². The summed E-state index contributed by atoms with van der Waals surface area (Å²) in [6.07, 6.45) is 4.37. The van der Waals surface area contributed by atoms with Crippen LogP contribution in [0.15, 0.2) is 6.20 Å². The summed E-state index contributed by atoms with van der Waals surface area (Å²) in [6, 6.07) is 0. The lowest BCUT2D eigenvalue weighted by atomic mass is 10.0. The molecule has 1 atom stereocenters. The van der Waals surface area contributed by atoms with Crippen molar-refractivity contribution < 1.29 is 4.79 Å². The van der Waals surface area contributed by atoms with Crippen LogP contribution in [-0.4, -0.2) is 62.1 Å². The monoisotopic (exact) mass is 382 g/mol. The Labute approximate surface area is 166 Å². The predicted octanol–water partition coefficient (Wildman–Crippen LogP) is 1.99. The van der Waals surface area contributed by atoms with E-state index in [0.717, 1.165) is 60.9 Å². The fourth-order valence-corrected chi connectivity index (χ4v) is 4.25. The van der Waals surface area contributed by atoms with E-state index in [9.17, 15) is 4.79 Å². The molecule has 2 aromatic heterocycles. The van der Waals surface area contributed by atoms with E-state index in [1.165, 1.54) is 5.56 Å². The number of hydrogen-bond acceptors (Lipinski definition) is 5. The van der Waals surface area contributed by atoms with Gasteiger partial charge in [-0.15, -0.1) is 0 Å². The lowest BCUT2D eigenvalue weighted by molar-refractivity contribution is -0.132.